The Labute approximate surface area is 184 Å². The van der Waals surface area contributed by atoms with E-state index in [2.05, 4.69) is 23.2 Å². The summed E-state index contributed by atoms with van der Waals surface area (Å²) in [5, 5.41) is 12.7. The fourth-order valence-electron chi connectivity index (χ4n) is 5.23. The quantitative estimate of drug-likeness (QED) is 0.654. The number of likely N-dealkylation sites (tertiary alicyclic amines) is 2. The number of hydrogen-bond acceptors (Lipinski definition) is 8. The van der Waals surface area contributed by atoms with Crippen LogP contribution in [0.2, 0.25) is 0 Å². The number of nitriles is 1. The van der Waals surface area contributed by atoms with E-state index in [9.17, 15) is 10.1 Å². The van der Waals surface area contributed by atoms with E-state index >= 15 is 0 Å². The fourth-order valence-corrected chi connectivity index (χ4v) is 5.23. The van der Waals surface area contributed by atoms with E-state index in [0.717, 1.165) is 45.3 Å². The molecule has 4 aliphatic rings. The average molecular weight is 437 g/mol. The van der Waals surface area contributed by atoms with Crippen molar-refractivity contribution in [1.82, 2.24) is 15.1 Å². The molecule has 9 heteroatoms. The highest BCUT2D eigenvalue weighted by Gasteiger charge is 2.55. The second kappa shape index (κ2) is 8.93. The van der Waals surface area contributed by atoms with Gasteiger partial charge in [-0.05, 0) is 59.5 Å². The maximum atomic E-state index is 12.6. The van der Waals surface area contributed by atoms with Gasteiger partial charge >= 0.3 is 0 Å². The summed E-state index contributed by atoms with van der Waals surface area (Å²) < 4.78 is 23.7. The normalized spacial score (nSPS) is 37.0. The fraction of sp³-hybridized carbons (Fsp3) is 0.909. The van der Waals surface area contributed by atoms with Crippen LogP contribution >= 0.6 is 0 Å². The SMILES string of the molecule is CO[C@@H]1[C@H]2OC(C)(C)O[C@H]2O[C@@H]1CN1CCC(C)(NCC(=O)N2CCC[C@H]2C#N)CC1. The summed E-state index contributed by atoms with van der Waals surface area (Å²) >= 11 is 0. The van der Waals surface area contributed by atoms with Gasteiger partial charge in [-0.2, -0.15) is 5.26 Å². The number of hydrogen-bond donors (Lipinski definition) is 1. The topological polar surface area (TPSA) is 96.3 Å². The standard InChI is InChI=1S/C22H36N4O5/c1-21(2)30-19-18(28-4)16(29-20(19)31-21)14-25-10-7-22(3,8-11-25)24-13-17(27)26-9-5-6-15(26)12-23/h15-16,18-20,24H,5-11,13-14H2,1-4H3/t15-,16+,18-,19+,20+/m0/s1. The van der Waals surface area contributed by atoms with Gasteiger partial charge in [0, 0.05) is 25.7 Å². The maximum absolute atomic E-state index is 12.6. The van der Waals surface area contributed by atoms with Crippen LogP contribution in [0.15, 0.2) is 0 Å². The third-order valence-electron chi connectivity index (χ3n) is 7.15. The van der Waals surface area contributed by atoms with Crippen molar-refractivity contribution in [3.8, 4) is 6.07 Å². The number of nitrogens with one attached hydrogen (secondary N) is 1. The Kier molecular flexibility index (Phi) is 6.59. The number of nitrogens with zero attached hydrogens (tertiary/aromatic N) is 3. The molecule has 1 N–H and O–H groups in total. The van der Waals surface area contributed by atoms with Gasteiger partial charge in [0.05, 0.1) is 12.6 Å². The van der Waals surface area contributed by atoms with Crippen LogP contribution in [0.1, 0.15) is 46.5 Å². The van der Waals surface area contributed by atoms with Gasteiger partial charge in [0.2, 0.25) is 5.91 Å². The van der Waals surface area contributed by atoms with Crippen LogP contribution in [-0.4, -0.2) is 97.5 Å². The monoisotopic (exact) mass is 436 g/mol. The van der Waals surface area contributed by atoms with Gasteiger partial charge in [-0.3, -0.25) is 4.79 Å². The summed E-state index contributed by atoms with van der Waals surface area (Å²) in [6.07, 6.45) is 2.77. The van der Waals surface area contributed by atoms with E-state index in [0.29, 0.717) is 13.1 Å². The molecule has 4 aliphatic heterocycles. The summed E-state index contributed by atoms with van der Waals surface area (Å²) in [4.78, 5) is 16.7. The molecule has 31 heavy (non-hydrogen) atoms. The Morgan fingerprint density at radius 2 is 1.97 bits per heavy atom. The van der Waals surface area contributed by atoms with Crippen LogP contribution in [0.3, 0.4) is 0 Å². The van der Waals surface area contributed by atoms with E-state index < -0.39 is 5.79 Å². The van der Waals surface area contributed by atoms with Crippen molar-refractivity contribution in [2.24, 2.45) is 0 Å². The highest BCUT2D eigenvalue weighted by molar-refractivity contribution is 5.79. The summed E-state index contributed by atoms with van der Waals surface area (Å²) in [6, 6.07) is 1.98. The Hall–Kier alpha value is -1.28. The molecule has 0 saturated carbocycles. The van der Waals surface area contributed by atoms with E-state index in [4.69, 9.17) is 18.9 Å². The zero-order chi connectivity index (χ0) is 22.2. The molecule has 4 heterocycles. The number of rotatable bonds is 6. The molecule has 0 aromatic rings. The highest BCUT2D eigenvalue weighted by Crippen LogP contribution is 2.39. The minimum Gasteiger partial charge on any atom is -0.376 e. The number of ether oxygens (including phenoxy) is 4. The molecule has 4 rings (SSSR count). The molecule has 0 radical (unpaired) electrons. The second-order valence-electron chi connectivity index (χ2n) is 9.93. The summed E-state index contributed by atoms with van der Waals surface area (Å²) in [6.45, 7) is 9.56. The van der Waals surface area contributed by atoms with Crippen LogP contribution in [0.4, 0.5) is 0 Å². The summed E-state index contributed by atoms with van der Waals surface area (Å²) in [5.74, 6) is -0.611. The molecule has 0 bridgehead atoms. The van der Waals surface area contributed by atoms with Crippen molar-refractivity contribution >= 4 is 5.91 Å². The van der Waals surface area contributed by atoms with E-state index in [-0.39, 0.29) is 42.1 Å². The molecule has 174 valence electrons. The van der Waals surface area contributed by atoms with Crippen LogP contribution in [-0.2, 0) is 23.7 Å². The minimum absolute atomic E-state index is 0.0319. The van der Waals surface area contributed by atoms with Crippen molar-refractivity contribution in [3.05, 3.63) is 0 Å². The molecule has 5 atom stereocenters. The Bertz CT molecular complexity index is 703. The molecule has 1 amide bonds. The first-order valence-corrected chi connectivity index (χ1v) is 11.4. The van der Waals surface area contributed by atoms with Crippen LogP contribution in [0, 0.1) is 11.3 Å². The lowest BCUT2D eigenvalue weighted by Gasteiger charge is -2.41. The van der Waals surface area contributed by atoms with Gasteiger partial charge in [-0.15, -0.1) is 0 Å². The van der Waals surface area contributed by atoms with E-state index in [1.54, 1.807) is 12.0 Å². The number of amides is 1. The molecular weight excluding hydrogens is 400 g/mol. The molecule has 0 aromatic heterocycles. The molecule has 0 unspecified atom stereocenters. The minimum atomic E-state index is -0.643. The van der Waals surface area contributed by atoms with Crippen LogP contribution < -0.4 is 5.32 Å². The van der Waals surface area contributed by atoms with Crippen molar-refractivity contribution in [2.45, 2.75) is 88.4 Å². The summed E-state index contributed by atoms with van der Waals surface area (Å²) in [7, 11) is 1.70. The third kappa shape index (κ3) is 4.90. The third-order valence-corrected chi connectivity index (χ3v) is 7.15. The van der Waals surface area contributed by atoms with E-state index in [1.165, 1.54) is 0 Å². The Morgan fingerprint density at radius 1 is 1.23 bits per heavy atom. The maximum Gasteiger partial charge on any atom is 0.237 e. The smallest absolute Gasteiger partial charge is 0.237 e. The first-order chi connectivity index (χ1) is 14.7. The lowest BCUT2D eigenvalue weighted by Crippen LogP contribution is -2.55. The molecule has 4 fully saturated rings. The van der Waals surface area contributed by atoms with Gasteiger partial charge in [0.1, 0.15) is 24.4 Å². The van der Waals surface area contributed by atoms with Gasteiger partial charge in [0.15, 0.2) is 12.1 Å². The van der Waals surface area contributed by atoms with E-state index in [1.807, 2.05) is 13.8 Å². The van der Waals surface area contributed by atoms with Crippen LogP contribution in [0.25, 0.3) is 0 Å². The molecular formula is C22H36N4O5. The predicted octanol–water partition coefficient (Wildman–Crippen LogP) is 0.836. The molecule has 9 nitrogen and oxygen atoms in total. The van der Waals surface area contributed by atoms with Gasteiger partial charge in [-0.25, -0.2) is 0 Å². The largest absolute Gasteiger partial charge is 0.376 e. The highest BCUT2D eigenvalue weighted by atomic mass is 16.8. The van der Waals surface area contributed by atoms with Gasteiger partial charge < -0.3 is 34.1 Å². The molecule has 0 aliphatic carbocycles. The number of piperidine rings is 1. The summed E-state index contributed by atoms with van der Waals surface area (Å²) in [5.41, 5.74) is -0.0853. The first kappa shape index (κ1) is 22.9. The second-order valence-corrected chi connectivity index (χ2v) is 9.93. The Balaban J connectivity index is 1.23. The predicted molar refractivity (Wildman–Crippen MR) is 112 cm³/mol. The van der Waals surface area contributed by atoms with Crippen molar-refractivity contribution in [1.29, 1.82) is 5.26 Å². The lowest BCUT2D eigenvalue weighted by molar-refractivity contribution is -0.218. The molecule has 0 aromatic carbocycles. The number of carbonyl (C=O) groups is 1. The first-order valence-electron chi connectivity index (χ1n) is 11.4. The zero-order valence-electron chi connectivity index (χ0n) is 19.1. The van der Waals surface area contributed by atoms with Crippen molar-refractivity contribution < 1.29 is 23.7 Å². The average Bonchev–Trinajstić information content (AvgIpc) is 3.40. The molecule has 4 saturated heterocycles. The van der Waals surface area contributed by atoms with Gasteiger partial charge in [0.25, 0.3) is 0 Å². The molecule has 0 spiro atoms. The van der Waals surface area contributed by atoms with Crippen molar-refractivity contribution in [2.75, 3.05) is 39.8 Å². The lowest BCUT2D eigenvalue weighted by atomic mass is 9.89. The van der Waals surface area contributed by atoms with Crippen LogP contribution in [0.5, 0.6) is 0 Å². The van der Waals surface area contributed by atoms with Crippen molar-refractivity contribution in [3.63, 3.8) is 0 Å². The zero-order valence-corrected chi connectivity index (χ0v) is 19.1. The number of fused-ring (bicyclic) bond motifs is 1. The Morgan fingerprint density at radius 3 is 2.65 bits per heavy atom. The number of methoxy groups -OCH3 is 1. The van der Waals surface area contributed by atoms with Gasteiger partial charge in [-0.1, -0.05) is 0 Å². The number of carbonyl (C=O) groups excluding carboxylic acids is 1.